The molecule has 3 rings (SSSR count). The van der Waals surface area contributed by atoms with Crippen LogP contribution in [0.15, 0.2) is 53.1 Å². The van der Waals surface area contributed by atoms with Crippen LogP contribution in [0.1, 0.15) is 5.56 Å². The summed E-state index contributed by atoms with van der Waals surface area (Å²) >= 11 is 3.54. The highest BCUT2D eigenvalue weighted by Crippen LogP contribution is 2.35. The minimum Gasteiger partial charge on any atom is -0.436 e. The number of fused-ring (bicyclic) bond motifs is 1. The van der Waals surface area contributed by atoms with E-state index >= 15 is 0 Å². The normalized spacial score (nSPS) is 10.7. The predicted molar refractivity (Wildman–Crippen MR) is 85.1 cm³/mol. The first-order valence-corrected chi connectivity index (χ1v) is 7.02. The van der Waals surface area contributed by atoms with Gasteiger partial charge < -0.3 is 10.5 Å². The van der Waals surface area contributed by atoms with Gasteiger partial charge in [0.2, 0.25) is 5.88 Å². The first kappa shape index (κ1) is 12.9. The summed E-state index contributed by atoms with van der Waals surface area (Å²) in [5, 5.41) is 2.01. The molecule has 2 N–H and O–H groups in total. The summed E-state index contributed by atoms with van der Waals surface area (Å²) in [6, 6.07) is 13.6. The van der Waals surface area contributed by atoms with Crippen molar-refractivity contribution in [2.75, 3.05) is 5.73 Å². The lowest BCUT2D eigenvalue weighted by Gasteiger charge is -2.12. The van der Waals surface area contributed by atoms with Gasteiger partial charge in [-0.1, -0.05) is 34.1 Å². The van der Waals surface area contributed by atoms with E-state index in [2.05, 4.69) is 20.9 Å². The number of hydrogen-bond donors (Lipinski definition) is 1. The number of nitrogens with zero attached hydrogens (tertiary/aromatic N) is 1. The van der Waals surface area contributed by atoms with Crippen LogP contribution in [0, 0.1) is 6.92 Å². The van der Waals surface area contributed by atoms with Gasteiger partial charge in [-0.15, -0.1) is 0 Å². The van der Waals surface area contributed by atoms with Crippen molar-refractivity contribution >= 4 is 32.4 Å². The van der Waals surface area contributed by atoms with Crippen molar-refractivity contribution in [2.45, 2.75) is 6.92 Å². The fourth-order valence-corrected chi connectivity index (χ4v) is 2.63. The number of rotatable bonds is 2. The Morgan fingerprint density at radius 2 is 1.85 bits per heavy atom. The zero-order valence-corrected chi connectivity index (χ0v) is 12.5. The molecule has 2 aromatic carbocycles. The summed E-state index contributed by atoms with van der Waals surface area (Å²) < 4.78 is 6.97. The third-order valence-corrected chi connectivity index (χ3v) is 3.85. The highest BCUT2D eigenvalue weighted by atomic mass is 79.9. The minimum absolute atomic E-state index is 0.560. The van der Waals surface area contributed by atoms with Crippen molar-refractivity contribution < 1.29 is 4.74 Å². The Morgan fingerprint density at radius 1 is 1.05 bits per heavy atom. The summed E-state index contributed by atoms with van der Waals surface area (Å²) in [5.74, 6) is 1.22. The summed E-state index contributed by atoms with van der Waals surface area (Å²) in [6.07, 6.45) is 1.73. The van der Waals surface area contributed by atoms with Crippen molar-refractivity contribution in [1.29, 1.82) is 0 Å². The number of halogens is 1. The first-order valence-electron chi connectivity index (χ1n) is 6.23. The Bertz CT molecular complexity index is 766. The van der Waals surface area contributed by atoms with Crippen LogP contribution < -0.4 is 10.5 Å². The van der Waals surface area contributed by atoms with Crippen molar-refractivity contribution in [2.24, 2.45) is 0 Å². The third kappa shape index (κ3) is 2.23. The lowest BCUT2D eigenvalue weighted by Crippen LogP contribution is -1.96. The van der Waals surface area contributed by atoms with Gasteiger partial charge in [0.1, 0.15) is 0 Å². The zero-order chi connectivity index (χ0) is 14.1. The standard InChI is InChI=1S/C16H13BrN2O/c1-10-4-2-7-14(18)15(10)20-16-12-5-3-6-13(17)11(12)8-9-19-16/h2-9H,18H2,1H3. The molecule has 100 valence electrons. The highest BCUT2D eigenvalue weighted by molar-refractivity contribution is 9.10. The molecule has 0 spiro atoms. The van der Waals surface area contributed by atoms with Crippen molar-refractivity contribution in [3.05, 3.63) is 58.7 Å². The van der Waals surface area contributed by atoms with E-state index in [4.69, 9.17) is 10.5 Å². The van der Waals surface area contributed by atoms with Gasteiger partial charge in [-0.3, -0.25) is 0 Å². The van der Waals surface area contributed by atoms with Gasteiger partial charge in [0.15, 0.2) is 5.75 Å². The van der Waals surface area contributed by atoms with Gasteiger partial charge in [0.25, 0.3) is 0 Å². The van der Waals surface area contributed by atoms with Gasteiger partial charge in [-0.25, -0.2) is 4.98 Å². The monoisotopic (exact) mass is 328 g/mol. The van der Waals surface area contributed by atoms with Gasteiger partial charge in [-0.05, 0) is 36.8 Å². The van der Waals surface area contributed by atoms with Gasteiger partial charge in [-0.2, -0.15) is 0 Å². The zero-order valence-electron chi connectivity index (χ0n) is 10.9. The minimum atomic E-state index is 0.560. The third-order valence-electron chi connectivity index (χ3n) is 3.16. The molecule has 4 heteroatoms. The number of aromatic nitrogens is 1. The number of ether oxygens (including phenoxy) is 1. The fraction of sp³-hybridized carbons (Fsp3) is 0.0625. The topological polar surface area (TPSA) is 48.1 Å². The van der Waals surface area contributed by atoms with E-state index in [-0.39, 0.29) is 0 Å². The number of benzene rings is 2. The molecule has 0 bridgehead atoms. The summed E-state index contributed by atoms with van der Waals surface area (Å²) in [4.78, 5) is 4.33. The number of para-hydroxylation sites is 1. The Hall–Kier alpha value is -2.07. The molecular formula is C16H13BrN2O. The van der Waals surface area contributed by atoms with E-state index in [1.165, 1.54) is 0 Å². The van der Waals surface area contributed by atoms with Crippen LogP contribution in [-0.4, -0.2) is 4.98 Å². The molecule has 0 saturated carbocycles. The molecule has 0 amide bonds. The first-order chi connectivity index (χ1) is 9.66. The quantitative estimate of drug-likeness (QED) is 0.695. The van der Waals surface area contributed by atoms with Crippen molar-refractivity contribution in [3.63, 3.8) is 0 Å². The van der Waals surface area contributed by atoms with Gasteiger partial charge in [0, 0.05) is 21.4 Å². The molecule has 0 saturated heterocycles. The Kier molecular flexibility index (Phi) is 3.32. The number of anilines is 1. The van der Waals surface area contributed by atoms with Crippen molar-refractivity contribution in [1.82, 2.24) is 4.98 Å². The molecule has 0 unspecified atom stereocenters. The molecule has 0 fully saturated rings. The number of pyridine rings is 1. The number of nitrogen functional groups attached to an aromatic ring is 1. The second-order valence-electron chi connectivity index (χ2n) is 4.55. The maximum Gasteiger partial charge on any atom is 0.227 e. The van der Waals surface area contributed by atoms with Crippen LogP contribution in [0.3, 0.4) is 0 Å². The molecule has 1 heterocycles. The lowest BCUT2D eigenvalue weighted by atomic mass is 10.1. The summed E-state index contributed by atoms with van der Waals surface area (Å²) in [6.45, 7) is 1.97. The van der Waals surface area contributed by atoms with Crippen molar-refractivity contribution in [3.8, 4) is 11.6 Å². The van der Waals surface area contributed by atoms with Crippen LogP contribution in [0.4, 0.5) is 5.69 Å². The number of hydrogen-bond acceptors (Lipinski definition) is 3. The molecule has 0 radical (unpaired) electrons. The van der Waals surface area contributed by atoms with Crippen LogP contribution >= 0.6 is 15.9 Å². The average molecular weight is 329 g/mol. The van der Waals surface area contributed by atoms with E-state index in [1.807, 2.05) is 49.4 Å². The van der Waals surface area contributed by atoms with Crippen LogP contribution in [-0.2, 0) is 0 Å². The maximum absolute atomic E-state index is 5.98. The molecule has 0 atom stereocenters. The lowest BCUT2D eigenvalue weighted by molar-refractivity contribution is 0.468. The molecular weight excluding hydrogens is 316 g/mol. The smallest absolute Gasteiger partial charge is 0.227 e. The second kappa shape index (κ2) is 5.13. The summed E-state index contributed by atoms with van der Waals surface area (Å²) in [7, 11) is 0. The molecule has 20 heavy (non-hydrogen) atoms. The molecule has 1 aromatic heterocycles. The fourth-order valence-electron chi connectivity index (χ4n) is 2.13. The Balaban J connectivity index is 2.14. The van der Waals surface area contributed by atoms with Gasteiger partial charge >= 0.3 is 0 Å². The molecule has 0 aliphatic heterocycles. The predicted octanol–water partition coefficient (Wildman–Crippen LogP) is 4.68. The van der Waals surface area contributed by atoms with Crippen LogP contribution in [0.25, 0.3) is 10.8 Å². The highest BCUT2D eigenvalue weighted by Gasteiger charge is 2.10. The molecule has 3 nitrogen and oxygen atoms in total. The number of nitrogens with two attached hydrogens (primary N) is 1. The molecule has 3 aromatic rings. The average Bonchev–Trinajstić information content (AvgIpc) is 2.44. The van der Waals surface area contributed by atoms with E-state index in [0.29, 0.717) is 17.3 Å². The van der Waals surface area contributed by atoms with E-state index < -0.39 is 0 Å². The van der Waals surface area contributed by atoms with E-state index in [0.717, 1.165) is 20.8 Å². The van der Waals surface area contributed by atoms with Crippen LogP contribution in [0.2, 0.25) is 0 Å². The molecule has 0 aliphatic carbocycles. The van der Waals surface area contributed by atoms with Crippen LogP contribution in [0.5, 0.6) is 11.6 Å². The van der Waals surface area contributed by atoms with Gasteiger partial charge in [0.05, 0.1) is 5.69 Å². The maximum atomic E-state index is 5.98. The van der Waals surface area contributed by atoms with E-state index in [1.54, 1.807) is 6.20 Å². The second-order valence-corrected chi connectivity index (χ2v) is 5.40. The summed E-state index contributed by atoms with van der Waals surface area (Å²) in [5.41, 5.74) is 7.58. The largest absolute Gasteiger partial charge is 0.436 e. The SMILES string of the molecule is Cc1cccc(N)c1Oc1nccc2c(Br)cccc12. The molecule has 0 aliphatic rings. The van der Waals surface area contributed by atoms with E-state index in [9.17, 15) is 0 Å². The Labute approximate surface area is 125 Å². The number of aryl methyl sites for hydroxylation is 1. The Morgan fingerprint density at radius 3 is 2.65 bits per heavy atom.